The van der Waals surface area contributed by atoms with E-state index >= 15 is 0 Å². The number of nitrogens with one attached hydrogen (secondary N) is 1. The average Bonchev–Trinajstić information content (AvgIpc) is 2.93. The number of hydrogen-bond acceptors (Lipinski definition) is 2. The number of rotatable bonds is 1. The zero-order valence-electron chi connectivity index (χ0n) is 11.2. The highest BCUT2D eigenvalue weighted by Crippen LogP contribution is 2.33. The van der Waals surface area contributed by atoms with E-state index in [1.54, 1.807) is 0 Å². The Bertz CT molecular complexity index is 862. The average molecular weight is 261 g/mol. The number of aromatic nitrogens is 2. The maximum absolute atomic E-state index is 5.97. The highest BCUT2D eigenvalue weighted by atomic mass is 15.0. The van der Waals surface area contributed by atoms with Gasteiger partial charge in [0.2, 0.25) is 0 Å². The van der Waals surface area contributed by atoms with Gasteiger partial charge in [-0.15, -0.1) is 0 Å². The Hall–Kier alpha value is -2.39. The minimum atomic E-state index is -0.0973. The van der Waals surface area contributed by atoms with Crippen molar-refractivity contribution in [1.82, 2.24) is 9.97 Å². The highest BCUT2D eigenvalue weighted by molar-refractivity contribution is 6.23. The lowest BCUT2D eigenvalue weighted by Gasteiger charge is -2.05. The molecule has 3 heteroatoms. The normalized spacial score (nSPS) is 13.3. The van der Waals surface area contributed by atoms with Crippen LogP contribution in [0.4, 0.5) is 0 Å². The molecule has 0 saturated carbocycles. The standard InChI is InChI=1S/C17H15N3/c1-10(18)17-19-15-13-8-4-2-6-11(13)12-7-3-5-9-14(12)16(15)20-17/h2-10H,18H2,1H3,(H,19,20)/t10-/m0/s1. The number of aromatic amines is 1. The first-order chi connectivity index (χ1) is 9.75. The fourth-order valence-corrected chi connectivity index (χ4v) is 2.86. The van der Waals surface area contributed by atoms with E-state index in [2.05, 4.69) is 53.5 Å². The Kier molecular flexibility index (Phi) is 2.32. The maximum atomic E-state index is 5.97. The van der Waals surface area contributed by atoms with Crippen molar-refractivity contribution >= 4 is 32.6 Å². The van der Waals surface area contributed by atoms with Crippen LogP contribution in [0.1, 0.15) is 18.8 Å². The molecule has 3 aromatic carbocycles. The third-order valence-corrected chi connectivity index (χ3v) is 3.82. The molecule has 3 N–H and O–H groups in total. The highest BCUT2D eigenvalue weighted by Gasteiger charge is 2.13. The van der Waals surface area contributed by atoms with Crippen LogP contribution in [0.2, 0.25) is 0 Å². The molecule has 1 aromatic heterocycles. The van der Waals surface area contributed by atoms with Crippen molar-refractivity contribution in [2.45, 2.75) is 13.0 Å². The molecular weight excluding hydrogens is 246 g/mol. The molecule has 0 aliphatic carbocycles. The predicted octanol–water partition coefficient (Wildman–Crippen LogP) is 3.89. The maximum Gasteiger partial charge on any atom is 0.123 e. The number of H-pyrrole nitrogens is 1. The summed E-state index contributed by atoms with van der Waals surface area (Å²) >= 11 is 0. The van der Waals surface area contributed by atoms with E-state index in [-0.39, 0.29) is 6.04 Å². The first-order valence-corrected chi connectivity index (χ1v) is 6.80. The predicted molar refractivity (Wildman–Crippen MR) is 83.7 cm³/mol. The van der Waals surface area contributed by atoms with Crippen molar-refractivity contribution in [3.05, 3.63) is 54.4 Å². The van der Waals surface area contributed by atoms with Crippen LogP contribution in [0.25, 0.3) is 32.6 Å². The number of hydrogen-bond donors (Lipinski definition) is 2. The lowest BCUT2D eigenvalue weighted by molar-refractivity contribution is 0.760. The summed E-state index contributed by atoms with van der Waals surface area (Å²) in [4.78, 5) is 8.10. The van der Waals surface area contributed by atoms with Crippen LogP contribution in [0.3, 0.4) is 0 Å². The molecule has 0 saturated heterocycles. The number of fused-ring (bicyclic) bond motifs is 6. The monoisotopic (exact) mass is 261 g/mol. The Labute approximate surface area is 116 Å². The first-order valence-electron chi connectivity index (χ1n) is 6.80. The SMILES string of the molecule is C[C@H](N)c1nc2c3ccccc3c3ccccc3c2[nH]1. The first kappa shape index (κ1) is 11.4. The molecule has 98 valence electrons. The smallest absolute Gasteiger partial charge is 0.123 e. The summed E-state index contributed by atoms with van der Waals surface area (Å²) in [6.07, 6.45) is 0. The van der Waals surface area contributed by atoms with Crippen LogP contribution in [-0.4, -0.2) is 9.97 Å². The van der Waals surface area contributed by atoms with E-state index in [4.69, 9.17) is 10.7 Å². The second-order valence-corrected chi connectivity index (χ2v) is 5.23. The molecule has 0 fully saturated rings. The van der Waals surface area contributed by atoms with E-state index in [0.717, 1.165) is 16.9 Å². The van der Waals surface area contributed by atoms with Gasteiger partial charge in [0.25, 0.3) is 0 Å². The van der Waals surface area contributed by atoms with Crippen molar-refractivity contribution < 1.29 is 0 Å². The van der Waals surface area contributed by atoms with Gasteiger partial charge in [0.15, 0.2) is 0 Å². The van der Waals surface area contributed by atoms with E-state index in [0.29, 0.717) is 0 Å². The van der Waals surface area contributed by atoms with Gasteiger partial charge < -0.3 is 10.7 Å². The van der Waals surface area contributed by atoms with Gasteiger partial charge in [-0.2, -0.15) is 0 Å². The zero-order chi connectivity index (χ0) is 13.7. The van der Waals surface area contributed by atoms with Crippen molar-refractivity contribution in [3.63, 3.8) is 0 Å². The Balaban J connectivity index is 2.32. The minimum Gasteiger partial charge on any atom is -0.340 e. The molecule has 0 bridgehead atoms. The lowest BCUT2D eigenvalue weighted by Crippen LogP contribution is -2.06. The second-order valence-electron chi connectivity index (χ2n) is 5.23. The lowest BCUT2D eigenvalue weighted by atomic mass is 10.0. The topological polar surface area (TPSA) is 54.7 Å². The van der Waals surface area contributed by atoms with Gasteiger partial charge in [-0.05, 0) is 17.7 Å². The molecule has 1 heterocycles. The van der Waals surface area contributed by atoms with Crippen LogP contribution in [0, 0.1) is 0 Å². The van der Waals surface area contributed by atoms with Crippen LogP contribution in [-0.2, 0) is 0 Å². The van der Waals surface area contributed by atoms with Gasteiger partial charge in [-0.1, -0.05) is 48.5 Å². The molecule has 0 radical (unpaired) electrons. The molecular formula is C17H15N3. The summed E-state index contributed by atoms with van der Waals surface area (Å²) in [6.45, 7) is 1.95. The molecule has 0 amide bonds. The quantitative estimate of drug-likeness (QED) is 0.511. The number of nitrogens with zero attached hydrogens (tertiary/aromatic N) is 1. The fourth-order valence-electron chi connectivity index (χ4n) is 2.86. The van der Waals surface area contributed by atoms with Gasteiger partial charge in [-0.3, -0.25) is 0 Å². The van der Waals surface area contributed by atoms with E-state index < -0.39 is 0 Å². The Morgan fingerprint density at radius 1 is 0.900 bits per heavy atom. The number of benzene rings is 3. The van der Waals surface area contributed by atoms with Crippen molar-refractivity contribution in [2.24, 2.45) is 5.73 Å². The molecule has 1 atom stereocenters. The summed E-state index contributed by atoms with van der Waals surface area (Å²) < 4.78 is 0. The third-order valence-electron chi connectivity index (χ3n) is 3.82. The van der Waals surface area contributed by atoms with E-state index in [1.165, 1.54) is 21.5 Å². The van der Waals surface area contributed by atoms with Crippen molar-refractivity contribution in [1.29, 1.82) is 0 Å². The Morgan fingerprint density at radius 2 is 1.45 bits per heavy atom. The van der Waals surface area contributed by atoms with Crippen LogP contribution < -0.4 is 5.73 Å². The third kappa shape index (κ3) is 1.47. The van der Waals surface area contributed by atoms with Crippen LogP contribution in [0.15, 0.2) is 48.5 Å². The van der Waals surface area contributed by atoms with Crippen molar-refractivity contribution in [2.75, 3.05) is 0 Å². The summed E-state index contributed by atoms with van der Waals surface area (Å²) in [5.74, 6) is 0.835. The molecule has 4 aromatic rings. The molecule has 20 heavy (non-hydrogen) atoms. The summed E-state index contributed by atoms with van der Waals surface area (Å²) in [5, 5.41) is 4.85. The largest absolute Gasteiger partial charge is 0.340 e. The zero-order valence-corrected chi connectivity index (χ0v) is 11.2. The summed E-state index contributed by atoms with van der Waals surface area (Å²) in [6, 6.07) is 16.7. The second kappa shape index (κ2) is 4.05. The van der Waals surface area contributed by atoms with Gasteiger partial charge in [-0.25, -0.2) is 4.98 Å². The molecule has 0 aliphatic rings. The minimum absolute atomic E-state index is 0.0973. The van der Waals surface area contributed by atoms with Crippen LogP contribution >= 0.6 is 0 Å². The number of imidazole rings is 1. The molecule has 3 nitrogen and oxygen atoms in total. The Morgan fingerprint density at radius 3 is 2.10 bits per heavy atom. The van der Waals surface area contributed by atoms with Gasteiger partial charge in [0, 0.05) is 10.8 Å². The van der Waals surface area contributed by atoms with Crippen molar-refractivity contribution in [3.8, 4) is 0 Å². The van der Waals surface area contributed by atoms with E-state index in [9.17, 15) is 0 Å². The van der Waals surface area contributed by atoms with Crippen LogP contribution in [0.5, 0.6) is 0 Å². The van der Waals surface area contributed by atoms with Gasteiger partial charge >= 0.3 is 0 Å². The molecule has 0 spiro atoms. The van der Waals surface area contributed by atoms with Gasteiger partial charge in [0.1, 0.15) is 5.82 Å². The molecule has 4 rings (SSSR count). The molecule has 0 aliphatic heterocycles. The summed E-state index contributed by atoms with van der Waals surface area (Å²) in [7, 11) is 0. The van der Waals surface area contributed by atoms with E-state index in [1.807, 2.05) is 6.92 Å². The fraction of sp³-hybridized carbons (Fsp3) is 0.118. The number of nitrogens with two attached hydrogens (primary N) is 1. The van der Waals surface area contributed by atoms with Gasteiger partial charge in [0.05, 0.1) is 17.1 Å². The summed E-state index contributed by atoms with van der Waals surface area (Å²) in [5.41, 5.74) is 8.05. The molecule has 0 unspecified atom stereocenters.